The quantitative estimate of drug-likeness (QED) is 0.708. The average Bonchev–Trinajstić information content (AvgIpc) is 2.91. The lowest BCUT2D eigenvalue weighted by Crippen LogP contribution is -2.40. The van der Waals surface area contributed by atoms with Gasteiger partial charge in [0, 0.05) is 13.1 Å². The van der Waals surface area contributed by atoms with Gasteiger partial charge in [-0.05, 0) is 31.6 Å². The Hall–Kier alpha value is -1.06. The number of carboxylic acids is 1. The lowest BCUT2D eigenvalue weighted by molar-refractivity contribution is -0.149. The fraction of sp³-hybridized carbons (Fsp3) is 0.882. The van der Waals surface area contributed by atoms with Crippen LogP contribution in [0.5, 0.6) is 0 Å². The summed E-state index contributed by atoms with van der Waals surface area (Å²) in [5.74, 6) is -1.11. The molecule has 0 aliphatic heterocycles. The zero-order valence-corrected chi connectivity index (χ0v) is 13.8. The molecule has 0 aromatic heterocycles. The van der Waals surface area contributed by atoms with Crippen LogP contribution in [-0.4, -0.2) is 35.0 Å². The summed E-state index contributed by atoms with van der Waals surface area (Å²) in [6, 6.07) is 0. The zero-order valence-electron chi connectivity index (χ0n) is 13.8. The minimum Gasteiger partial charge on any atom is -0.481 e. The van der Waals surface area contributed by atoms with E-state index in [4.69, 9.17) is 0 Å². The number of amides is 1. The molecule has 1 amide bonds. The van der Waals surface area contributed by atoms with Gasteiger partial charge in [-0.1, -0.05) is 40.0 Å². The van der Waals surface area contributed by atoms with Gasteiger partial charge < -0.3 is 10.0 Å². The number of rotatable bonds is 9. The Morgan fingerprint density at radius 1 is 1.00 bits per heavy atom. The molecule has 4 nitrogen and oxygen atoms in total. The molecular formula is C17H31NO3. The van der Waals surface area contributed by atoms with Crippen molar-refractivity contribution in [2.45, 2.75) is 65.7 Å². The molecule has 0 aromatic carbocycles. The van der Waals surface area contributed by atoms with E-state index < -0.39 is 11.9 Å². The first-order chi connectivity index (χ1) is 10.0. The number of hydrogen-bond acceptors (Lipinski definition) is 2. The van der Waals surface area contributed by atoms with Crippen molar-refractivity contribution >= 4 is 11.9 Å². The molecule has 0 aromatic rings. The van der Waals surface area contributed by atoms with Crippen LogP contribution in [0.4, 0.5) is 0 Å². The van der Waals surface area contributed by atoms with Gasteiger partial charge in [-0.15, -0.1) is 0 Å². The molecule has 1 aliphatic carbocycles. The molecule has 0 bridgehead atoms. The summed E-state index contributed by atoms with van der Waals surface area (Å²) >= 11 is 0. The van der Waals surface area contributed by atoms with Crippen molar-refractivity contribution in [2.75, 3.05) is 13.1 Å². The second-order valence-electron chi connectivity index (χ2n) is 6.33. The van der Waals surface area contributed by atoms with Gasteiger partial charge >= 0.3 is 5.97 Å². The molecular weight excluding hydrogens is 266 g/mol. The van der Waals surface area contributed by atoms with E-state index >= 15 is 0 Å². The van der Waals surface area contributed by atoms with Gasteiger partial charge in [-0.25, -0.2) is 0 Å². The Bertz CT molecular complexity index is 335. The smallest absolute Gasteiger partial charge is 0.307 e. The number of carboxylic acid groups (broad SMARTS) is 1. The van der Waals surface area contributed by atoms with Gasteiger partial charge in [-0.2, -0.15) is 0 Å². The third-order valence-corrected chi connectivity index (χ3v) is 4.75. The Morgan fingerprint density at radius 3 is 1.95 bits per heavy atom. The maximum absolute atomic E-state index is 12.8. The topological polar surface area (TPSA) is 57.6 Å². The van der Waals surface area contributed by atoms with Crippen molar-refractivity contribution in [3.05, 3.63) is 0 Å². The van der Waals surface area contributed by atoms with Gasteiger partial charge in [0.1, 0.15) is 0 Å². The molecule has 3 unspecified atom stereocenters. The number of unbranched alkanes of at least 4 members (excludes halogenated alkanes) is 2. The van der Waals surface area contributed by atoms with Gasteiger partial charge in [0.15, 0.2) is 0 Å². The van der Waals surface area contributed by atoms with Crippen LogP contribution in [0.25, 0.3) is 0 Å². The van der Waals surface area contributed by atoms with Crippen molar-refractivity contribution in [1.82, 2.24) is 4.90 Å². The van der Waals surface area contributed by atoms with Crippen molar-refractivity contribution in [3.63, 3.8) is 0 Å². The molecule has 1 fully saturated rings. The lowest BCUT2D eigenvalue weighted by Gasteiger charge is -2.27. The third kappa shape index (κ3) is 5.01. The fourth-order valence-corrected chi connectivity index (χ4v) is 3.29. The first-order valence-electron chi connectivity index (χ1n) is 8.56. The van der Waals surface area contributed by atoms with Crippen LogP contribution >= 0.6 is 0 Å². The van der Waals surface area contributed by atoms with Crippen molar-refractivity contribution < 1.29 is 14.7 Å². The molecule has 122 valence electrons. The molecule has 0 heterocycles. The molecule has 21 heavy (non-hydrogen) atoms. The SMILES string of the molecule is CCCCN(CCCC)C(=O)C1CC(CC)CC1C(=O)O. The molecule has 0 saturated heterocycles. The minimum absolute atomic E-state index is 0.0836. The van der Waals surface area contributed by atoms with E-state index in [0.717, 1.165) is 51.6 Å². The van der Waals surface area contributed by atoms with E-state index in [-0.39, 0.29) is 11.8 Å². The lowest BCUT2D eigenvalue weighted by atomic mass is 9.94. The van der Waals surface area contributed by atoms with E-state index in [2.05, 4.69) is 20.8 Å². The second kappa shape index (κ2) is 9.06. The average molecular weight is 297 g/mol. The molecule has 4 heteroatoms. The van der Waals surface area contributed by atoms with Crippen LogP contribution in [0.15, 0.2) is 0 Å². The third-order valence-electron chi connectivity index (χ3n) is 4.75. The fourth-order valence-electron chi connectivity index (χ4n) is 3.29. The van der Waals surface area contributed by atoms with E-state index in [0.29, 0.717) is 12.3 Å². The first kappa shape index (κ1) is 18.0. The maximum atomic E-state index is 12.8. The number of aliphatic carboxylic acids is 1. The van der Waals surface area contributed by atoms with Gasteiger partial charge in [0.2, 0.25) is 5.91 Å². The molecule has 1 rings (SSSR count). The highest BCUT2D eigenvalue weighted by Crippen LogP contribution is 2.39. The highest BCUT2D eigenvalue weighted by atomic mass is 16.4. The van der Waals surface area contributed by atoms with E-state index in [1.54, 1.807) is 0 Å². The maximum Gasteiger partial charge on any atom is 0.307 e. The molecule has 0 spiro atoms. The van der Waals surface area contributed by atoms with Crippen LogP contribution in [0, 0.1) is 17.8 Å². The van der Waals surface area contributed by atoms with Gasteiger partial charge in [0.05, 0.1) is 11.8 Å². The largest absolute Gasteiger partial charge is 0.481 e. The summed E-state index contributed by atoms with van der Waals surface area (Å²) in [6.45, 7) is 7.86. The highest BCUT2D eigenvalue weighted by molar-refractivity contribution is 5.85. The van der Waals surface area contributed by atoms with Crippen LogP contribution < -0.4 is 0 Å². The van der Waals surface area contributed by atoms with Gasteiger partial charge in [0.25, 0.3) is 0 Å². The van der Waals surface area contributed by atoms with Crippen LogP contribution in [0.2, 0.25) is 0 Å². The van der Waals surface area contributed by atoms with E-state index in [9.17, 15) is 14.7 Å². The molecule has 1 saturated carbocycles. The number of nitrogens with zero attached hydrogens (tertiary/aromatic N) is 1. The number of hydrogen-bond donors (Lipinski definition) is 1. The predicted octanol–water partition coefficient (Wildman–Crippen LogP) is 3.55. The summed E-state index contributed by atoms with van der Waals surface area (Å²) in [5, 5.41) is 9.41. The first-order valence-corrected chi connectivity index (χ1v) is 8.56. The summed E-state index contributed by atoms with van der Waals surface area (Å²) < 4.78 is 0. The standard InChI is InChI=1S/C17H31NO3/c1-4-7-9-18(10-8-5-2)16(19)14-11-13(6-3)12-15(14)17(20)21/h13-15H,4-12H2,1-3H3,(H,20,21). The predicted molar refractivity (Wildman–Crippen MR) is 84.0 cm³/mol. The summed E-state index contributed by atoms with van der Waals surface area (Å²) in [7, 11) is 0. The summed E-state index contributed by atoms with van der Waals surface area (Å²) in [4.78, 5) is 26.2. The van der Waals surface area contributed by atoms with Gasteiger partial charge in [-0.3, -0.25) is 9.59 Å². The Balaban J connectivity index is 2.76. The molecule has 1 aliphatic rings. The molecule has 1 N–H and O–H groups in total. The zero-order chi connectivity index (χ0) is 15.8. The van der Waals surface area contributed by atoms with Crippen molar-refractivity contribution in [2.24, 2.45) is 17.8 Å². The Kier molecular flexibility index (Phi) is 7.76. The van der Waals surface area contributed by atoms with Crippen LogP contribution in [-0.2, 0) is 9.59 Å². The summed E-state index contributed by atoms with van der Waals surface area (Å²) in [5.41, 5.74) is 0. The monoisotopic (exact) mass is 297 g/mol. The Labute approximate surface area is 128 Å². The second-order valence-corrected chi connectivity index (χ2v) is 6.33. The summed E-state index contributed by atoms with van der Waals surface area (Å²) in [6.07, 6.45) is 6.49. The highest BCUT2D eigenvalue weighted by Gasteiger charge is 2.43. The minimum atomic E-state index is -0.796. The van der Waals surface area contributed by atoms with E-state index in [1.807, 2.05) is 4.90 Å². The van der Waals surface area contributed by atoms with Crippen LogP contribution in [0.3, 0.4) is 0 Å². The molecule has 0 radical (unpaired) electrons. The number of carbonyl (C=O) groups is 2. The molecule has 3 atom stereocenters. The van der Waals surface area contributed by atoms with Crippen LogP contribution in [0.1, 0.15) is 65.7 Å². The normalized spacial score (nSPS) is 25.0. The van der Waals surface area contributed by atoms with Crippen molar-refractivity contribution in [3.8, 4) is 0 Å². The van der Waals surface area contributed by atoms with Crippen molar-refractivity contribution in [1.29, 1.82) is 0 Å². The number of carbonyl (C=O) groups excluding carboxylic acids is 1. The van der Waals surface area contributed by atoms with E-state index in [1.165, 1.54) is 0 Å². The Morgan fingerprint density at radius 2 is 1.52 bits per heavy atom.